The first-order chi connectivity index (χ1) is 11.1. The number of thiophene rings is 1. The predicted octanol–water partition coefficient (Wildman–Crippen LogP) is 1.85. The standard InChI is InChI=1S/C16H25N5OS/c1-12-15(13(2)21(20-12)8-9-22-3)11-19-16(17)18-7-6-14-5-4-10-23-14/h4-5,10H,6-9,11H2,1-3H3,(H3,17,18,19). The van der Waals surface area contributed by atoms with Gasteiger partial charge in [-0.05, 0) is 31.7 Å². The Kier molecular flexibility index (Phi) is 6.61. The molecule has 2 aromatic heterocycles. The van der Waals surface area contributed by atoms with Gasteiger partial charge >= 0.3 is 0 Å². The van der Waals surface area contributed by atoms with Crippen LogP contribution in [0.25, 0.3) is 0 Å². The second-order valence-electron chi connectivity index (χ2n) is 5.32. The number of aryl methyl sites for hydroxylation is 1. The predicted molar refractivity (Wildman–Crippen MR) is 94.9 cm³/mol. The van der Waals surface area contributed by atoms with Gasteiger partial charge in [-0.15, -0.1) is 11.3 Å². The molecule has 0 bridgehead atoms. The Hall–Kier alpha value is -1.86. The minimum atomic E-state index is 0.477. The van der Waals surface area contributed by atoms with E-state index in [-0.39, 0.29) is 0 Å². The van der Waals surface area contributed by atoms with Gasteiger partial charge in [-0.3, -0.25) is 4.68 Å². The van der Waals surface area contributed by atoms with Crippen molar-refractivity contribution in [1.29, 1.82) is 0 Å². The van der Waals surface area contributed by atoms with E-state index in [1.807, 2.05) is 11.6 Å². The number of methoxy groups -OCH3 is 1. The van der Waals surface area contributed by atoms with Gasteiger partial charge in [0.15, 0.2) is 5.96 Å². The summed E-state index contributed by atoms with van der Waals surface area (Å²) in [6.07, 6.45) is 0.959. The van der Waals surface area contributed by atoms with Crippen LogP contribution >= 0.6 is 11.3 Å². The van der Waals surface area contributed by atoms with Gasteiger partial charge < -0.3 is 15.8 Å². The molecule has 0 saturated carbocycles. The summed E-state index contributed by atoms with van der Waals surface area (Å²) >= 11 is 1.76. The summed E-state index contributed by atoms with van der Waals surface area (Å²) in [7, 11) is 1.69. The highest BCUT2D eigenvalue weighted by atomic mass is 32.1. The highest BCUT2D eigenvalue weighted by Gasteiger charge is 2.10. The second-order valence-corrected chi connectivity index (χ2v) is 6.36. The van der Waals surface area contributed by atoms with Gasteiger partial charge in [0, 0.05) is 29.8 Å². The lowest BCUT2D eigenvalue weighted by Gasteiger charge is -2.06. The molecule has 0 aromatic carbocycles. The molecule has 23 heavy (non-hydrogen) atoms. The van der Waals surface area contributed by atoms with E-state index in [2.05, 4.69) is 39.8 Å². The Morgan fingerprint density at radius 1 is 1.48 bits per heavy atom. The van der Waals surface area contributed by atoms with Crippen LogP contribution in [0.1, 0.15) is 21.8 Å². The molecule has 0 aliphatic rings. The molecule has 126 valence electrons. The summed E-state index contributed by atoms with van der Waals surface area (Å²) in [5, 5.41) is 9.77. The molecule has 0 unspecified atom stereocenters. The summed E-state index contributed by atoms with van der Waals surface area (Å²) in [6.45, 7) is 6.80. The lowest BCUT2D eigenvalue weighted by atomic mass is 10.2. The van der Waals surface area contributed by atoms with Crippen LogP contribution in [0, 0.1) is 13.8 Å². The highest BCUT2D eigenvalue weighted by molar-refractivity contribution is 7.09. The average Bonchev–Trinajstić information content (AvgIpc) is 3.12. The van der Waals surface area contributed by atoms with E-state index in [4.69, 9.17) is 10.5 Å². The van der Waals surface area contributed by atoms with Crippen molar-refractivity contribution in [1.82, 2.24) is 15.1 Å². The number of aliphatic imine (C=N–C) groups is 1. The van der Waals surface area contributed by atoms with Crippen molar-refractivity contribution in [2.75, 3.05) is 20.3 Å². The Morgan fingerprint density at radius 3 is 3.00 bits per heavy atom. The normalized spacial score (nSPS) is 11.9. The van der Waals surface area contributed by atoms with E-state index < -0.39 is 0 Å². The number of ether oxygens (including phenoxy) is 1. The van der Waals surface area contributed by atoms with Gasteiger partial charge in [-0.2, -0.15) is 5.10 Å². The van der Waals surface area contributed by atoms with Crippen molar-refractivity contribution in [2.24, 2.45) is 10.7 Å². The number of hydrogen-bond acceptors (Lipinski definition) is 4. The first-order valence-electron chi connectivity index (χ1n) is 7.69. The number of nitrogens with two attached hydrogens (primary N) is 1. The molecular weight excluding hydrogens is 310 g/mol. The average molecular weight is 335 g/mol. The van der Waals surface area contributed by atoms with Crippen molar-refractivity contribution >= 4 is 17.3 Å². The number of nitrogens with zero attached hydrogens (tertiary/aromatic N) is 3. The molecule has 2 aromatic rings. The summed E-state index contributed by atoms with van der Waals surface area (Å²) < 4.78 is 7.07. The maximum absolute atomic E-state index is 5.94. The van der Waals surface area contributed by atoms with Gasteiger partial charge in [0.1, 0.15) is 0 Å². The summed E-state index contributed by atoms with van der Waals surface area (Å²) in [6, 6.07) is 4.19. The minimum absolute atomic E-state index is 0.477. The van der Waals surface area contributed by atoms with E-state index in [9.17, 15) is 0 Å². The molecule has 2 heterocycles. The van der Waals surface area contributed by atoms with Crippen molar-refractivity contribution in [3.8, 4) is 0 Å². The number of hydrogen-bond donors (Lipinski definition) is 2. The third-order valence-electron chi connectivity index (χ3n) is 3.70. The van der Waals surface area contributed by atoms with Crippen LogP contribution in [0.15, 0.2) is 22.5 Å². The fourth-order valence-electron chi connectivity index (χ4n) is 2.35. The molecule has 6 nitrogen and oxygen atoms in total. The summed E-state index contributed by atoms with van der Waals surface area (Å²) in [5.41, 5.74) is 9.19. The number of nitrogens with one attached hydrogen (secondary N) is 1. The van der Waals surface area contributed by atoms with Gasteiger partial charge in [-0.1, -0.05) is 6.07 Å². The molecule has 0 aliphatic heterocycles. The van der Waals surface area contributed by atoms with Gasteiger partial charge in [0.25, 0.3) is 0 Å². The summed E-state index contributed by atoms with van der Waals surface area (Å²) in [5.74, 6) is 0.477. The Morgan fingerprint density at radius 2 is 2.30 bits per heavy atom. The lowest BCUT2D eigenvalue weighted by molar-refractivity contribution is 0.182. The van der Waals surface area contributed by atoms with E-state index >= 15 is 0 Å². The first-order valence-corrected chi connectivity index (χ1v) is 8.57. The van der Waals surface area contributed by atoms with Crippen molar-refractivity contribution in [3.05, 3.63) is 39.3 Å². The Balaban J connectivity index is 1.87. The van der Waals surface area contributed by atoms with Gasteiger partial charge in [0.2, 0.25) is 0 Å². The topological polar surface area (TPSA) is 77.5 Å². The van der Waals surface area contributed by atoms with Crippen LogP contribution in [0.2, 0.25) is 0 Å². The van der Waals surface area contributed by atoms with Gasteiger partial charge in [0.05, 0.1) is 25.4 Å². The highest BCUT2D eigenvalue weighted by Crippen LogP contribution is 2.14. The lowest BCUT2D eigenvalue weighted by Crippen LogP contribution is -2.33. The molecule has 0 amide bonds. The number of rotatable bonds is 8. The zero-order valence-electron chi connectivity index (χ0n) is 14.0. The Bertz CT molecular complexity index is 633. The largest absolute Gasteiger partial charge is 0.383 e. The fourth-order valence-corrected chi connectivity index (χ4v) is 3.06. The smallest absolute Gasteiger partial charge is 0.188 e. The van der Waals surface area contributed by atoms with Gasteiger partial charge in [-0.25, -0.2) is 4.99 Å². The van der Waals surface area contributed by atoms with Crippen LogP contribution < -0.4 is 11.1 Å². The molecule has 7 heteroatoms. The zero-order valence-corrected chi connectivity index (χ0v) is 14.8. The maximum Gasteiger partial charge on any atom is 0.188 e. The maximum atomic E-state index is 5.94. The van der Waals surface area contributed by atoms with Crippen LogP contribution in [-0.2, 0) is 24.2 Å². The van der Waals surface area contributed by atoms with Crippen molar-refractivity contribution < 1.29 is 4.74 Å². The Labute approximate surface area is 141 Å². The van der Waals surface area contributed by atoms with E-state index in [0.29, 0.717) is 19.1 Å². The van der Waals surface area contributed by atoms with Crippen LogP contribution in [0.5, 0.6) is 0 Å². The fraction of sp³-hybridized carbons (Fsp3) is 0.500. The first kappa shape index (κ1) is 17.5. The molecule has 3 N–H and O–H groups in total. The molecule has 0 aliphatic carbocycles. The van der Waals surface area contributed by atoms with Crippen molar-refractivity contribution in [3.63, 3.8) is 0 Å². The molecule has 0 fully saturated rings. The third-order valence-corrected chi connectivity index (χ3v) is 4.64. The molecule has 0 atom stereocenters. The molecule has 0 saturated heterocycles. The SMILES string of the molecule is COCCn1nc(C)c(CN=C(N)NCCc2cccs2)c1C. The van der Waals surface area contributed by atoms with Crippen LogP contribution in [0.4, 0.5) is 0 Å². The van der Waals surface area contributed by atoms with Crippen LogP contribution in [-0.4, -0.2) is 36.0 Å². The quantitative estimate of drug-likeness (QED) is 0.570. The van der Waals surface area contributed by atoms with Crippen LogP contribution in [0.3, 0.4) is 0 Å². The number of aromatic nitrogens is 2. The van der Waals surface area contributed by atoms with Crippen molar-refractivity contribution in [2.45, 2.75) is 33.4 Å². The van der Waals surface area contributed by atoms with E-state index in [1.165, 1.54) is 4.88 Å². The zero-order chi connectivity index (χ0) is 16.7. The molecular formula is C16H25N5OS. The summed E-state index contributed by atoms with van der Waals surface area (Å²) in [4.78, 5) is 5.77. The second kappa shape index (κ2) is 8.69. The minimum Gasteiger partial charge on any atom is -0.383 e. The monoisotopic (exact) mass is 335 g/mol. The molecule has 0 radical (unpaired) electrons. The van der Waals surface area contributed by atoms with E-state index in [0.717, 1.165) is 36.5 Å². The number of guanidine groups is 1. The molecule has 2 rings (SSSR count). The third kappa shape index (κ3) is 5.07. The molecule has 0 spiro atoms. The van der Waals surface area contributed by atoms with E-state index in [1.54, 1.807) is 18.4 Å².